The molecular formula is C5H10BrClO. The normalized spacial score (nSPS) is 20.2. The van der Waals surface area contributed by atoms with E-state index < -0.39 is 3.97 Å². The van der Waals surface area contributed by atoms with E-state index in [1.54, 1.807) is 0 Å². The molecule has 0 bridgehead atoms. The van der Waals surface area contributed by atoms with Gasteiger partial charge in [0.2, 0.25) is 0 Å². The topological polar surface area (TPSA) is 20.2 Å². The van der Waals surface area contributed by atoms with Crippen LogP contribution in [0.25, 0.3) is 0 Å². The smallest absolute Gasteiger partial charge is 0.199 e. The minimum atomic E-state index is -1.28. The Labute approximate surface area is 63.2 Å². The van der Waals surface area contributed by atoms with Gasteiger partial charge < -0.3 is 5.11 Å². The van der Waals surface area contributed by atoms with Gasteiger partial charge in [-0.25, -0.2) is 0 Å². The van der Waals surface area contributed by atoms with E-state index in [9.17, 15) is 0 Å². The third-order valence-corrected chi connectivity index (χ3v) is 2.66. The zero-order valence-electron chi connectivity index (χ0n) is 5.20. The molecule has 0 saturated carbocycles. The lowest BCUT2D eigenvalue weighted by Gasteiger charge is -2.28. The Morgan fingerprint density at radius 1 is 1.38 bits per heavy atom. The van der Waals surface area contributed by atoms with Gasteiger partial charge >= 0.3 is 0 Å². The molecule has 0 aliphatic rings. The Morgan fingerprint density at radius 3 is 1.50 bits per heavy atom. The monoisotopic (exact) mass is 200 g/mol. The van der Waals surface area contributed by atoms with Gasteiger partial charge in [-0.05, 0) is 15.9 Å². The largest absolute Gasteiger partial charge is 0.366 e. The lowest BCUT2D eigenvalue weighted by atomic mass is 9.98. The summed E-state index contributed by atoms with van der Waals surface area (Å²) in [5.41, 5.74) is -0.325. The first-order valence-corrected chi connectivity index (χ1v) is 3.52. The van der Waals surface area contributed by atoms with Gasteiger partial charge in [0.25, 0.3) is 0 Å². The number of hydrogen-bond donors (Lipinski definition) is 1. The molecule has 0 heterocycles. The average Bonchev–Trinajstić information content (AvgIpc) is 1.25. The van der Waals surface area contributed by atoms with Crippen LogP contribution in [0.1, 0.15) is 20.8 Å². The van der Waals surface area contributed by atoms with Crippen molar-refractivity contribution in [2.24, 2.45) is 5.41 Å². The fourth-order valence-electron chi connectivity index (χ4n) is 0. The average molecular weight is 201 g/mol. The highest BCUT2D eigenvalue weighted by atomic mass is 79.9. The van der Waals surface area contributed by atoms with Gasteiger partial charge in [0.1, 0.15) is 0 Å². The van der Waals surface area contributed by atoms with Gasteiger partial charge in [-0.1, -0.05) is 32.4 Å². The number of rotatable bonds is 0. The molecule has 0 spiro atoms. The zero-order chi connectivity index (χ0) is 7.00. The Balaban J connectivity index is 4.02. The first kappa shape index (κ1) is 8.73. The Bertz CT molecular complexity index is 67.4. The Hall–Kier alpha value is 0.730. The minimum Gasteiger partial charge on any atom is -0.366 e. The summed E-state index contributed by atoms with van der Waals surface area (Å²) in [4.78, 5) is 0. The molecule has 0 aromatic heterocycles. The summed E-state index contributed by atoms with van der Waals surface area (Å²) in [6.07, 6.45) is 0. The van der Waals surface area contributed by atoms with Gasteiger partial charge in [0.05, 0.1) is 0 Å². The van der Waals surface area contributed by atoms with Crippen LogP contribution < -0.4 is 0 Å². The van der Waals surface area contributed by atoms with Crippen LogP contribution in [0.3, 0.4) is 0 Å². The molecule has 0 radical (unpaired) electrons. The summed E-state index contributed by atoms with van der Waals surface area (Å²) in [5.74, 6) is 0. The SMILES string of the molecule is CC(C)(C)C(O)(Cl)Br. The van der Waals surface area contributed by atoms with Crippen molar-refractivity contribution in [3.63, 3.8) is 0 Å². The lowest BCUT2D eigenvalue weighted by molar-refractivity contribution is 0.110. The van der Waals surface area contributed by atoms with E-state index in [1.807, 2.05) is 20.8 Å². The fourth-order valence-corrected chi connectivity index (χ4v) is 0. The van der Waals surface area contributed by atoms with Crippen LogP contribution in [0.2, 0.25) is 0 Å². The minimum absolute atomic E-state index is 0.325. The predicted molar refractivity (Wildman–Crippen MR) is 39.2 cm³/mol. The van der Waals surface area contributed by atoms with Crippen molar-refractivity contribution in [1.29, 1.82) is 0 Å². The van der Waals surface area contributed by atoms with E-state index in [4.69, 9.17) is 16.7 Å². The second-order valence-electron chi connectivity index (χ2n) is 2.79. The van der Waals surface area contributed by atoms with E-state index in [0.717, 1.165) is 0 Å². The molecule has 0 saturated heterocycles. The molecule has 8 heavy (non-hydrogen) atoms. The van der Waals surface area contributed by atoms with Crippen molar-refractivity contribution in [1.82, 2.24) is 0 Å². The quantitative estimate of drug-likeness (QED) is 0.597. The first-order valence-electron chi connectivity index (χ1n) is 2.35. The van der Waals surface area contributed by atoms with E-state index in [2.05, 4.69) is 15.9 Å². The summed E-state index contributed by atoms with van der Waals surface area (Å²) in [6, 6.07) is 0. The second kappa shape index (κ2) is 2.16. The van der Waals surface area contributed by atoms with Crippen molar-refractivity contribution >= 4 is 27.5 Å². The molecule has 1 atom stereocenters. The zero-order valence-corrected chi connectivity index (χ0v) is 7.55. The molecule has 0 aliphatic heterocycles. The summed E-state index contributed by atoms with van der Waals surface area (Å²) < 4.78 is -1.28. The van der Waals surface area contributed by atoms with E-state index in [-0.39, 0.29) is 5.41 Å². The van der Waals surface area contributed by atoms with Crippen LogP contribution in [-0.2, 0) is 0 Å². The summed E-state index contributed by atoms with van der Waals surface area (Å²) in [5, 5.41) is 9.04. The molecule has 1 unspecified atom stereocenters. The summed E-state index contributed by atoms with van der Waals surface area (Å²) in [6.45, 7) is 5.53. The molecule has 0 aromatic carbocycles. The first-order chi connectivity index (χ1) is 3.25. The predicted octanol–water partition coefficient (Wildman–Crippen LogP) is 2.31. The maximum Gasteiger partial charge on any atom is 0.199 e. The second-order valence-corrected chi connectivity index (χ2v) is 4.94. The van der Waals surface area contributed by atoms with Crippen LogP contribution in [-0.4, -0.2) is 9.08 Å². The van der Waals surface area contributed by atoms with Crippen molar-refractivity contribution in [2.75, 3.05) is 0 Å². The number of hydrogen-bond acceptors (Lipinski definition) is 1. The Morgan fingerprint density at radius 2 is 1.50 bits per heavy atom. The molecule has 1 nitrogen and oxygen atoms in total. The summed E-state index contributed by atoms with van der Waals surface area (Å²) >= 11 is 8.40. The van der Waals surface area contributed by atoms with Crippen LogP contribution in [0.15, 0.2) is 0 Å². The van der Waals surface area contributed by atoms with Crippen LogP contribution >= 0.6 is 27.5 Å². The molecule has 0 aliphatic carbocycles. The maximum absolute atomic E-state index is 9.04. The van der Waals surface area contributed by atoms with Crippen LogP contribution in [0.4, 0.5) is 0 Å². The van der Waals surface area contributed by atoms with Gasteiger partial charge in [0, 0.05) is 5.41 Å². The highest BCUT2D eigenvalue weighted by Crippen LogP contribution is 2.38. The van der Waals surface area contributed by atoms with Crippen molar-refractivity contribution in [3.05, 3.63) is 0 Å². The highest BCUT2D eigenvalue weighted by Gasteiger charge is 2.34. The molecule has 1 N–H and O–H groups in total. The van der Waals surface area contributed by atoms with Gasteiger partial charge in [-0.15, -0.1) is 0 Å². The molecular weight excluding hydrogens is 191 g/mol. The van der Waals surface area contributed by atoms with Gasteiger partial charge in [-0.2, -0.15) is 0 Å². The third kappa shape index (κ3) is 2.33. The van der Waals surface area contributed by atoms with E-state index in [0.29, 0.717) is 0 Å². The Kier molecular flexibility index (Phi) is 2.36. The molecule has 3 heteroatoms. The van der Waals surface area contributed by atoms with Gasteiger partial charge in [0.15, 0.2) is 3.97 Å². The third-order valence-electron chi connectivity index (χ3n) is 0.902. The number of aliphatic hydroxyl groups is 1. The lowest BCUT2D eigenvalue weighted by Crippen LogP contribution is -2.29. The van der Waals surface area contributed by atoms with Crippen LogP contribution in [0.5, 0.6) is 0 Å². The molecule has 0 fully saturated rings. The number of halogens is 2. The standard InChI is InChI=1S/C5H10BrClO/c1-4(2,3)5(6,7)8/h8H,1-3H3. The van der Waals surface area contributed by atoms with Crippen molar-refractivity contribution < 1.29 is 5.11 Å². The molecule has 0 amide bonds. The molecule has 50 valence electrons. The highest BCUT2D eigenvalue weighted by molar-refractivity contribution is 9.10. The number of alkyl halides is 2. The maximum atomic E-state index is 9.04. The molecule has 0 aromatic rings. The summed E-state index contributed by atoms with van der Waals surface area (Å²) in [7, 11) is 0. The van der Waals surface area contributed by atoms with E-state index in [1.165, 1.54) is 0 Å². The van der Waals surface area contributed by atoms with Crippen molar-refractivity contribution in [2.45, 2.75) is 24.7 Å². The molecule has 0 rings (SSSR count). The van der Waals surface area contributed by atoms with Gasteiger partial charge in [-0.3, -0.25) is 0 Å². The fraction of sp³-hybridized carbons (Fsp3) is 1.00. The van der Waals surface area contributed by atoms with Crippen LogP contribution in [0, 0.1) is 5.41 Å². The van der Waals surface area contributed by atoms with Crippen molar-refractivity contribution in [3.8, 4) is 0 Å². The van der Waals surface area contributed by atoms with E-state index >= 15 is 0 Å².